The van der Waals surface area contributed by atoms with Gasteiger partial charge in [-0.25, -0.2) is 0 Å². The average Bonchev–Trinajstić information content (AvgIpc) is 2.49. The summed E-state index contributed by atoms with van der Waals surface area (Å²) in [6.45, 7) is 5.23. The van der Waals surface area contributed by atoms with Gasteiger partial charge in [-0.3, -0.25) is 9.80 Å². The van der Waals surface area contributed by atoms with E-state index >= 15 is 0 Å². The van der Waals surface area contributed by atoms with Crippen LogP contribution in [0.3, 0.4) is 0 Å². The number of nitrogens with zero attached hydrogens (tertiary/aromatic N) is 3. The predicted octanol–water partition coefficient (Wildman–Crippen LogP) is 2.33. The first-order valence-electron chi connectivity index (χ1n) is 6.57. The molecule has 0 aliphatic heterocycles. The second-order valence-electron chi connectivity index (χ2n) is 4.05. The highest BCUT2D eigenvalue weighted by Gasteiger charge is 1.95. The molecule has 0 bridgehead atoms. The number of benzene rings is 1. The molecule has 5 nitrogen and oxygen atoms in total. The summed E-state index contributed by atoms with van der Waals surface area (Å²) in [5.41, 5.74) is 1.56. The number of aliphatic hydroxyl groups excluding tert-OH is 1. The monoisotopic (exact) mass is 273 g/mol. The number of aliphatic hydroxyl groups is 1. The maximum Gasteiger partial charge on any atom is 0.170 e. The highest BCUT2D eigenvalue weighted by molar-refractivity contribution is 5.81. The minimum Gasteiger partial charge on any atom is -0.389 e. The largest absolute Gasteiger partial charge is 0.389 e. The molecule has 0 aromatic heterocycles. The Morgan fingerprint density at radius 1 is 1.25 bits per heavy atom. The van der Waals surface area contributed by atoms with Gasteiger partial charge in [0.25, 0.3) is 0 Å². The van der Waals surface area contributed by atoms with Crippen molar-refractivity contribution in [2.24, 2.45) is 10.3 Å². The summed E-state index contributed by atoms with van der Waals surface area (Å²) in [6.07, 6.45) is 0.0694. The molecule has 0 fully saturated rings. The molecule has 0 unspecified atom stereocenters. The number of hydrogen-bond donors (Lipinski definition) is 1. The van der Waals surface area contributed by atoms with Crippen molar-refractivity contribution >= 4 is 11.5 Å². The van der Waals surface area contributed by atoms with E-state index in [0.717, 1.165) is 24.3 Å². The smallest absolute Gasteiger partial charge is 0.170 e. The van der Waals surface area contributed by atoms with Gasteiger partial charge < -0.3 is 5.11 Å². The Kier molecular flexibility index (Phi) is 7.01. The van der Waals surface area contributed by atoms with Crippen molar-refractivity contribution in [3.8, 4) is 11.8 Å². The Morgan fingerprint density at radius 3 is 2.45 bits per heavy atom. The topological polar surface area (TPSA) is 65.3 Å². The van der Waals surface area contributed by atoms with Crippen LogP contribution in [0.5, 0.6) is 0 Å². The van der Waals surface area contributed by atoms with E-state index in [1.165, 1.54) is 0 Å². The fraction of sp³-hybridized carbons (Fsp3) is 0.400. The Bertz CT molecular complexity index is 508. The van der Waals surface area contributed by atoms with E-state index in [4.69, 9.17) is 5.11 Å². The first-order valence-corrected chi connectivity index (χ1v) is 6.57. The highest BCUT2D eigenvalue weighted by atomic mass is 16.3. The summed E-state index contributed by atoms with van der Waals surface area (Å²) in [5.74, 6) is 5.30. The number of hydrogen-bond acceptors (Lipinski definition) is 4. The van der Waals surface area contributed by atoms with Crippen molar-refractivity contribution in [3.63, 3.8) is 0 Å². The molecule has 20 heavy (non-hydrogen) atoms. The first kappa shape index (κ1) is 15.9. The summed E-state index contributed by atoms with van der Waals surface area (Å²) < 4.78 is 0. The normalized spacial score (nSPS) is 10.2. The fourth-order valence-corrected chi connectivity index (χ4v) is 1.38. The molecule has 0 amide bonds. The molecule has 1 aromatic rings. The number of carbonyl (C=O) groups excluding carboxylic acids is 1. The second kappa shape index (κ2) is 8.83. The van der Waals surface area contributed by atoms with E-state index < -0.39 is 6.61 Å². The molecular weight excluding hydrogens is 254 g/mol. The molecule has 0 aliphatic carbocycles. The third-order valence-corrected chi connectivity index (χ3v) is 2.58. The molecule has 1 N–H and O–H groups in total. The molecule has 0 aliphatic rings. The molecule has 0 spiro atoms. The summed E-state index contributed by atoms with van der Waals surface area (Å²) in [7, 11) is 0. The van der Waals surface area contributed by atoms with Crippen LogP contribution < -0.4 is 0 Å². The standard InChI is InChI=1S/C15H19N3O2/c1-3-18(4-2)17-16-14-10-8-13(9-11-14)6-5-7-15(20)12-19/h8-11,19H,3-4,7,12H2,1-2H3. The number of Topliss-reactive ketones (excluding diaryl/α,β-unsaturated/α-hetero) is 1. The molecule has 0 radical (unpaired) electrons. The van der Waals surface area contributed by atoms with E-state index in [0.29, 0.717) is 0 Å². The van der Waals surface area contributed by atoms with Crippen LogP contribution in [-0.2, 0) is 4.79 Å². The molecule has 0 atom stereocenters. The lowest BCUT2D eigenvalue weighted by Crippen LogP contribution is -2.14. The zero-order valence-electron chi connectivity index (χ0n) is 11.8. The van der Waals surface area contributed by atoms with Gasteiger partial charge in [-0.15, -0.1) is 5.11 Å². The van der Waals surface area contributed by atoms with Gasteiger partial charge in [0.2, 0.25) is 0 Å². The Morgan fingerprint density at radius 2 is 1.90 bits per heavy atom. The maximum atomic E-state index is 10.9. The number of rotatable bonds is 6. The van der Waals surface area contributed by atoms with Crippen molar-refractivity contribution in [2.45, 2.75) is 20.3 Å². The molecule has 0 saturated carbocycles. The van der Waals surface area contributed by atoms with E-state index in [1.807, 2.05) is 43.1 Å². The molecule has 106 valence electrons. The average molecular weight is 273 g/mol. The lowest BCUT2D eigenvalue weighted by Gasteiger charge is -2.10. The lowest BCUT2D eigenvalue weighted by molar-refractivity contribution is -0.120. The third-order valence-electron chi connectivity index (χ3n) is 2.58. The van der Waals surface area contributed by atoms with Gasteiger partial charge in [0.05, 0.1) is 12.1 Å². The van der Waals surface area contributed by atoms with Crippen LogP contribution in [0.2, 0.25) is 0 Å². The first-order chi connectivity index (χ1) is 9.69. The Labute approximate surface area is 119 Å². The Balaban J connectivity index is 2.62. The zero-order chi connectivity index (χ0) is 14.8. The number of ketones is 1. The molecular formula is C15H19N3O2. The summed E-state index contributed by atoms with van der Waals surface area (Å²) in [5, 5.41) is 18.7. The van der Waals surface area contributed by atoms with Crippen LogP contribution >= 0.6 is 0 Å². The third kappa shape index (κ3) is 5.63. The minimum absolute atomic E-state index is 0.0694. The fourth-order valence-electron chi connectivity index (χ4n) is 1.38. The van der Waals surface area contributed by atoms with E-state index in [9.17, 15) is 4.79 Å². The summed E-state index contributed by atoms with van der Waals surface area (Å²) in [4.78, 5) is 10.9. The van der Waals surface area contributed by atoms with Crippen molar-refractivity contribution in [3.05, 3.63) is 29.8 Å². The van der Waals surface area contributed by atoms with Crippen LogP contribution in [-0.4, -0.2) is 35.6 Å². The van der Waals surface area contributed by atoms with Gasteiger partial charge in [0.15, 0.2) is 5.78 Å². The maximum absolute atomic E-state index is 10.9. The van der Waals surface area contributed by atoms with Crippen molar-refractivity contribution in [2.75, 3.05) is 19.7 Å². The van der Waals surface area contributed by atoms with Gasteiger partial charge in [-0.05, 0) is 38.1 Å². The predicted molar refractivity (Wildman–Crippen MR) is 77.5 cm³/mol. The minimum atomic E-state index is -0.459. The van der Waals surface area contributed by atoms with Crippen LogP contribution in [0, 0.1) is 11.8 Å². The molecule has 0 heterocycles. The quantitative estimate of drug-likeness (QED) is 0.491. The van der Waals surface area contributed by atoms with Crippen LogP contribution in [0.25, 0.3) is 0 Å². The molecule has 1 rings (SSSR count). The molecule has 5 heteroatoms. The van der Waals surface area contributed by atoms with Crippen molar-refractivity contribution < 1.29 is 9.90 Å². The van der Waals surface area contributed by atoms with Crippen LogP contribution in [0.1, 0.15) is 25.8 Å². The van der Waals surface area contributed by atoms with E-state index in [1.54, 1.807) is 0 Å². The van der Waals surface area contributed by atoms with Gasteiger partial charge in [-0.2, -0.15) is 0 Å². The van der Waals surface area contributed by atoms with Crippen molar-refractivity contribution in [1.82, 2.24) is 5.01 Å². The SMILES string of the molecule is CCN(CC)N=Nc1ccc(C#CCC(=O)CO)cc1. The Hall–Kier alpha value is -2.19. The summed E-state index contributed by atoms with van der Waals surface area (Å²) >= 11 is 0. The second-order valence-corrected chi connectivity index (χ2v) is 4.05. The van der Waals surface area contributed by atoms with E-state index in [-0.39, 0.29) is 12.2 Å². The van der Waals surface area contributed by atoms with Crippen LogP contribution in [0.15, 0.2) is 34.6 Å². The van der Waals surface area contributed by atoms with Gasteiger partial charge in [0, 0.05) is 18.7 Å². The van der Waals surface area contributed by atoms with Gasteiger partial charge in [-0.1, -0.05) is 17.1 Å². The van der Waals surface area contributed by atoms with Crippen molar-refractivity contribution in [1.29, 1.82) is 0 Å². The molecule has 1 aromatic carbocycles. The van der Waals surface area contributed by atoms with Gasteiger partial charge >= 0.3 is 0 Å². The van der Waals surface area contributed by atoms with Gasteiger partial charge in [0.1, 0.15) is 6.61 Å². The van der Waals surface area contributed by atoms with Crippen LogP contribution in [0.4, 0.5) is 5.69 Å². The molecule has 0 saturated heterocycles. The lowest BCUT2D eigenvalue weighted by atomic mass is 10.2. The zero-order valence-corrected chi connectivity index (χ0v) is 11.8. The van der Waals surface area contributed by atoms with E-state index in [2.05, 4.69) is 22.2 Å². The summed E-state index contributed by atoms with van der Waals surface area (Å²) in [6, 6.07) is 7.30. The highest BCUT2D eigenvalue weighted by Crippen LogP contribution is 2.13. The number of carbonyl (C=O) groups is 1.